The van der Waals surface area contributed by atoms with Crippen molar-refractivity contribution >= 4 is 22.9 Å². The number of nitrogen functional groups attached to an aromatic ring is 1. The number of rotatable bonds is 7. The molecule has 3 heterocycles. The van der Waals surface area contributed by atoms with E-state index in [2.05, 4.69) is 20.3 Å². The van der Waals surface area contributed by atoms with Gasteiger partial charge in [-0.15, -0.1) is 0 Å². The molecule has 1 aromatic carbocycles. The summed E-state index contributed by atoms with van der Waals surface area (Å²) in [6, 6.07) is 5.60. The molecule has 0 saturated carbocycles. The van der Waals surface area contributed by atoms with Gasteiger partial charge in [0.15, 0.2) is 17.0 Å². The molecular formula is C19H24N6O4. The third-order valence-electron chi connectivity index (χ3n) is 5.01. The summed E-state index contributed by atoms with van der Waals surface area (Å²) >= 11 is 0. The Hall–Kier alpha value is -3.11. The molecule has 1 aliphatic heterocycles. The number of nitrogens with zero attached hydrogens (tertiary/aromatic N) is 4. The maximum Gasteiger partial charge on any atom is 0.207 e. The molecule has 1 saturated heterocycles. The average Bonchev–Trinajstić information content (AvgIpc) is 3.36. The second kappa shape index (κ2) is 8.10. The molecule has 29 heavy (non-hydrogen) atoms. The van der Waals surface area contributed by atoms with Crippen molar-refractivity contribution in [2.45, 2.75) is 31.7 Å². The molecule has 0 spiro atoms. The summed E-state index contributed by atoms with van der Waals surface area (Å²) in [5.41, 5.74) is 8.00. The Morgan fingerprint density at radius 3 is 2.86 bits per heavy atom. The van der Waals surface area contributed by atoms with Gasteiger partial charge in [0.2, 0.25) is 5.95 Å². The lowest BCUT2D eigenvalue weighted by Crippen LogP contribution is -2.17. The number of benzene rings is 1. The molecule has 3 aromatic rings. The summed E-state index contributed by atoms with van der Waals surface area (Å²) in [6.45, 7) is 0.414. The lowest BCUT2D eigenvalue weighted by molar-refractivity contribution is -0.0197. The highest BCUT2D eigenvalue weighted by atomic mass is 16.5. The number of methoxy groups -OCH3 is 2. The van der Waals surface area contributed by atoms with Crippen LogP contribution in [0.5, 0.6) is 11.5 Å². The molecule has 154 valence electrons. The van der Waals surface area contributed by atoms with Crippen LogP contribution in [0, 0.1) is 0 Å². The first-order chi connectivity index (χ1) is 14.1. The molecule has 2 unspecified atom stereocenters. The summed E-state index contributed by atoms with van der Waals surface area (Å²) < 4.78 is 18.6. The normalized spacial score (nSPS) is 18.9. The van der Waals surface area contributed by atoms with Gasteiger partial charge in [0.1, 0.15) is 24.1 Å². The number of aromatic nitrogens is 4. The maximum atomic E-state index is 9.43. The number of ether oxygens (including phenoxy) is 3. The molecule has 4 N–H and O–H groups in total. The monoisotopic (exact) mass is 400 g/mol. The van der Waals surface area contributed by atoms with Crippen molar-refractivity contribution in [3.05, 3.63) is 30.1 Å². The van der Waals surface area contributed by atoms with Crippen molar-refractivity contribution in [1.29, 1.82) is 0 Å². The van der Waals surface area contributed by atoms with Gasteiger partial charge in [0.25, 0.3) is 0 Å². The van der Waals surface area contributed by atoms with E-state index in [0.29, 0.717) is 29.5 Å². The smallest absolute Gasteiger partial charge is 0.207 e. The van der Waals surface area contributed by atoms with Crippen LogP contribution in [0.4, 0.5) is 11.8 Å². The number of hydrogen-bond acceptors (Lipinski definition) is 9. The zero-order chi connectivity index (χ0) is 20.4. The fourth-order valence-corrected chi connectivity index (χ4v) is 3.53. The Bertz CT molecular complexity index is 1010. The van der Waals surface area contributed by atoms with E-state index in [1.165, 1.54) is 6.33 Å². The molecular weight excluding hydrogens is 376 g/mol. The topological polar surface area (TPSA) is 130 Å². The van der Waals surface area contributed by atoms with Crippen molar-refractivity contribution in [3.8, 4) is 11.5 Å². The first-order valence-corrected chi connectivity index (χ1v) is 9.34. The van der Waals surface area contributed by atoms with E-state index in [0.717, 1.165) is 29.9 Å². The molecule has 2 atom stereocenters. The molecule has 10 heteroatoms. The lowest BCUT2D eigenvalue weighted by atomic mass is 10.2. The summed E-state index contributed by atoms with van der Waals surface area (Å²) in [6.07, 6.45) is 2.38. The van der Waals surface area contributed by atoms with E-state index in [1.54, 1.807) is 14.2 Å². The van der Waals surface area contributed by atoms with Crippen LogP contribution in [0.1, 0.15) is 24.6 Å². The predicted molar refractivity (Wildman–Crippen MR) is 107 cm³/mol. The van der Waals surface area contributed by atoms with Crippen molar-refractivity contribution in [2.75, 3.05) is 31.9 Å². The van der Waals surface area contributed by atoms with Gasteiger partial charge in [-0.2, -0.15) is 0 Å². The van der Waals surface area contributed by atoms with Gasteiger partial charge in [-0.1, -0.05) is 0 Å². The molecule has 10 nitrogen and oxygen atoms in total. The van der Waals surface area contributed by atoms with Crippen molar-refractivity contribution < 1.29 is 19.3 Å². The van der Waals surface area contributed by atoms with Gasteiger partial charge >= 0.3 is 0 Å². The quantitative estimate of drug-likeness (QED) is 0.542. The van der Waals surface area contributed by atoms with E-state index in [9.17, 15) is 5.11 Å². The third kappa shape index (κ3) is 3.64. The number of nitrogens with two attached hydrogens (primary N) is 1. The number of imidazole rings is 1. The number of aliphatic hydroxyl groups is 1. The van der Waals surface area contributed by atoms with Crippen LogP contribution in [-0.4, -0.2) is 51.6 Å². The highest BCUT2D eigenvalue weighted by Gasteiger charge is 2.30. The number of aliphatic hydroxyl groups excluding tert-OH is 1. The van der Waals surface area contributed by atoms with Crippen molar-refractivity contribution in [2.24, 2.45) is 0 Å². The van der Waals surface area contributed by atoms with Gasteiger partial charge < -0.3 is 30.4 Å². The van der Waals surface area contributed by atoms with Gasteiger partial charge in [-0.3, -0.25) is 4.57 Å². The van der Waals surface area contributed by atoms with E-state index >= 15 is 0 Å². The van der Waals surface area contributed by atoms with E-state index in [4.69, 9.17) is 19.9 Å². The Labute approximate surface area is 167 Å². The standard InChI is InChI=1S/C19H24N6O4/c1-27-12-3-5-14(28-2)11(7-12)8-21-19-24-16-17(20)22-10-23-18(16)25(19)15-6-4-13(9-26)29-15/h3,5,7,10,13,15,26H,4,6,8-9H2,1-2H3,(H,21,24)(H2,20,22,23). The molecule has 0 radical (unpaired) electrons. The van der Waals surface area contributed by atoms with Crippen LogP contribution in [0.15, 0.2) is 24.5 Å². The molecule has 0 aliphatic carbocycles. The first-order valence-electron chi connectivity index (χ1n) is 9.34. The van der Waals surface area contributed by atoms with Gasteiger partial charge in [-0.25, -0.2) is 15.0 Å². The summed E-state index contributed by atoms with van der Waals surface area (Å²) in [5.74, 6) is 2.32. The molecule has 4 rings (SSSR count). The summed E-state index contributed by atoms with van der Waals surface area (Å²) in [7, 11) is 3.24. The van der Waals surface area contributed by atoms with Crippen LogP contribution in [0.2, 0.25) is 0 Å². The number of hydrogen-bond donors (Lipinski definition) is 3. The molecule has 2 aromatic heterocycles. The highest BCUT2D eigenvalue weighted by Crippen LogP contribution is 2.35. The summed E-state index contributed by atoms with van der Waals surface area (Å²) in [4.78, 5) is 13.0. The molecule has 0 bridgehead atoms. The Kier molecular flexibility index (Phi) is 5.36. The van der Waals surface area contributed by atoms with Crippen LogP contribution >= 0.6 is 0 Å². The van der Waals surface area contributed by atoms with Crippen LogP contribution in [0.3, 0.4) is 0 Å². The van der Waals surface area contributed by atoms with E-state index in [1.807, 2.05) is 22.8 Å². The maximum absolute atomic E-state index is 9.43. The second-order valence-corrected chi connectivity index (χ2v) is 6.74. The minimum atomic E-state index is -0.304. The number of anilines is 2. The average molecular weight is 400 g/mol. The third-order valence-corrected chi connectivity index (χ3v) is 5.01. The fourth-order valence-electron chi connectivity index (χ4n) is 3.53. The molecule has 1 aliphatic rings. The van der Waals surface area contributed by atoms with Gasteiger partial charge in [0, 0.05) is 12.1 Å². The number of fused-ring (bicyclic) bond motifs is 1. The SMILES string of the molecule is COc1ccc(OC)c(CNc2nc3c(N)ncnc3n2C2CCC(CO)O2)c1. The van der Waals surface area contributed by atoms with Crippen molar-refractivity contribution in [3.63, 3.8) is 0 Å². The van der Waals surface area contributed by atoms with Crippen LogP contribution < -0.4 is 20.5 Å². The predicted octanol–water partition coefficient (Wildman–Crippen LogP) is 1.71. The highest BCUT2D eigenvalue weighted by molar-refractivity contribution is 5.84. The fraction of sp³-hybridized carbons (Fsp3) is 0.421. The van der Waals surface area contributed by atoms with Crippen LogP contribution in [0.25, 0.3) is 11.2 Å². The minimum Gasteiger partial charge on any atom is -0.497 e. The number of nitrogens with one attached hydrogen (secondary N) is 1. The van der Waals surface area contributed by atoms with Gasteiger partial charge in [0.05, 0.1) is 26.9 Å². The summed E-state index contributed by atoms with van der Waals surface area (Å²) in [5, 5.41) is 12.8. The Morgan fingerprint density at radius 1 is 1.28 bits per heavy atom. The first kappa shape index (κ1) is 19.2. The Balaban J connectivity index is 1.69. The lowest BCUT2D eigenvalue weighted by Gasteiger charge is -2.18. The van der Waals surface area contributed by atoms with Gasteiger partial charge in [-0.05, 0) is 31.0 Å². The van der Waals surface area contributed by atoms with Crippen molar-refractivity contribution in [1.82, 2.24) is 19.5 Å². The largest absolute Gasteiger partial charge is 0.497 e. The zero-order valence-electron chi connectivity index (χ0n) is 16.3. The minimum absolute atomic E-state index is 0.0238. The van der Waals surface area contributed by atoms with E-state index in [-0.39, 0.29) is 18.9 Å². The molecule has 0 amide bonds. The molecule has 1 fully saturated rings. The van der Waals surface area contributed by atoms with Crippen LogP contribution in [-0.2, 0) is 11.3 Å². The van der Waals surface area contributed by atoms with E-state index < -0.39 is 0 Å². The Morgan fingerprint density at radius 2 is 2.14 bits per heavy atom. The second-order valence-electron chi connectivity index (χ2n) is 6.74. The zero-order valence-corrected chi connectivity index (χ0v) is 16.3.